The SMILES string of the molecule is CNCc1cn(Cc2cc(Br)cs2)c2ncccc12. The lowest BCUT2D eigenvalue weighted by Crippen LogP contribution is -2.04. The quantitative estimate of drug-likeness (QED) is 0.789. The van der Waals surface area contributed by atoms with Gasteiger partial charge in [0.05, 0.1) is 6.54 Å². The van der Waals surface area contributed by atoms with Crippen molar-refractivity contribution in [3.05, 3.63) is 50.9 Å². The van der Waals surface area contributed by atoms with Crippen molar-refractivity contribution in [3.8, 4) is 0 Å². The van der Waals surface area contributed by atoms with Crippen molar-refractivity contribution in [1.82, 2.24) is 14.9 Å². The van der Waals surface area contributed by atoms with E-state index in [1.807, 2.05) is 19.3 Å². The number of pyridine rings is 1. The highest BCUT2D eigenvalue weighted by Gasteiger charge is 2.09. The first kappa shape index (κ1) is 12.8. The molecule has 98 valence electrons. The molecule has 3 rings (SSSR count). The predicted octanol–water partition coefficient (Wildman–Crippen LogP) is 3.63. The summed E-state index contributed by atoms with van der Waals surface area (Å²) in [4.78, 5) is 5.84. The van der Waals surface area contributed by atoms with Gasteiger partial charge in [-0.1, -0.05) is 0 Å². The topological polar surface area (TPSA) is 29.9 Å². The standard InChI is InChI=1S/C14H14BrN3S/c1-16-6-10-7-18(8-12-5-11(15)9-19-12)14-13(10)3-2-4-17-14/h2-5,7,9,16H,6,8H2,1H3. The van der Waals surface area contributed by atoms with E-state index in [0.717, 1.165) is 23.2 Å². The van der Waals surface area contributed by atoms with E-state index < -0.39 is 0 Å². The summed E-state index contributed by atoms with van der Waals surface area (Å²) in [5.74, 6) is 0. The monoisotopic (exact) mass is 335 g/mol. The van der Waals surface area contributed by atoms with Crippen LogP contribution in [0.2, 0.25) is 0 Å². The number of hydrogen-bond acceptors (Lipinski definition) is 3. The molecule has 0 aromatic carbocycles. The zero-order chi connectivity index (χ0) is 13.2. The van der Waals surface area contributed by atoms with Gasteiger partial charge in [-0.2, -0.15) is 0 Å². The number of nitrogens with zero attached hydrogens (tertiary/aromatic N) is 2. The van der Waals surface area contributed by atoms with Crippen LogP contribution in [0.5, 0.6) is 0 Å². The normalized spacial score (nSPS) is 11.3. The molecule has 0 saturated heterocycles. The highest BCUT2D eigenvalue weighted by atomic mass is 79.9. The third-order valence-electron chi connectivity index (χ3n) is 3.03. The number of fused-ring (bicyclic) bond motifs is 1. The van der Waals surface area contributed by atoms with Crippen LogP contribution in [-0.4, -0.2) is 16.6 Å². The molecule has 0 atom stereocenters. The van der Waals surface area contributed by atoms with E-state index in [9.17, 15) is 0 Å². The molecule has 3 aromatic heterocycles. The number of aromatic nitrogens is 2. The van der Waals surface area contributed by atoms with E-state index in [2.05, 4.69) is 54.5 Å². The number of thiophene rings is 1. The Morgan fingerprint density at radius 1 is 1.47 bits per heavy atom. The van der Waals surface area contributed by atoms with E-state index in [1.165, 1.54) is 15.8 Å². The molecule has 0 amide bonds. The second-order valence-corrected chi connectivity index (χ2v) is 6.33. The lowest BCUT2D eigenvalue weighted by atomic mass is 10.2. The molecule has 0 radical (unpaired) electrons. The third-order valence-corrected chi connectivity index (χ3v) is 4.71. The highest BCUT2D eigenvalue weighted by Crippen LogP contribution is 2.24. The fourth-order valence-electron chi connectivity index (χ4n) is 2.25. The number of hydrogen-bond donors (Lipinski definition) is 1. The molecule has 0 saturated carbocycles. The Morgan fingerprint density at radius 3 is 3.11 bits per heavy atom. The van der Waals surface area contributed by atoms with Gasteiger partial charge in [0.15, 0.2) is 0 Å². The van der Waals surface area contributed by atoms with Gasteiger partial charge >= 0.3 is 0 Å². The van der Waals surface area contributed by atoms with Crippen molar-refractivity contribution in [2.24, 2.45) is 0 Å². The van der Waals surface area contributed by atoms with Gasteiger partial charge in [-0.3, -0.25) is 0 Å². The number of halogens is 1. The molecular formula is C14H14BrN3S. The Bertz CT molecular complexity index is 702. The maximum Gasteiger partial charge on any atom is 0.140 e. The minimum Gasteiger partial charge on any atom is -0.327 e. The smallest absolute Gasteiger partial charge is 0.140 e. The minimum atomic E-state index is 0.864. The van der Waals surface area contributed by atoms with Crippen LogP contribution in [-0.2, 0) is 13.1 Å². The lowest BCUT2D eigenvalue weighted by Gasteiger charge is -2.01. The van der Waals surface area contributed by atoms with E-state index in [-0.39, 0.29) is 0 Å². The van der Waals surface area contributed by atoms with Crippen LogP contribution in [0.25, 0.3) is 11.0 Å². The minimum absolute atomic E-state index is 0.864. The maximum absolute atomic E-state index is 4.52. The molecule has 5 heteroatoms. The van der Waals surface area contributed by atoms with E-state index in [4.69, 9.17) is 0 Å². The summed E-state index contributed by atoms with van der Waals surface area (Å²) in [6, 6.07) is 6.29. The molecule has 0 aliphatic rings. The number of nitrogens with one attached hydrogen (secondary N) is 1. The molecule has 0 unspecified atom stereocenters. The summed E-state index contributed by atoms with van der Waals surface area (Å²) in [6.45, 7) is 1.73. The fraction of sp³-hybridized carbons (Fsp3) is 0.214. The van der Waals surface area contributed by atoms with Gasteiger partial charge in [-0.25, -0.2) is 4.98 Å². The first-order valence-electron chi connectivity index (χ1n) is 6.08. The Morgan fingerprint density at radius 2 is 2.37 bits per heavy atom. The summed E-state index contributed by atoms with van der Waals surface area (Å²) in [5, 5.41) is 6.55. The van der Waals surface area contributed by atoms with Crippen LogP contribution < -0.4 is 5.32 Å². The van der Waals surface area contributed by atoms with Crippen LogP contribution in [0.1, 0.15) is 10.4 Å². The molecular weight excluding hydrogens is 322 g/mol. The van der Waals surface area contributed by atoms with Crippen molar-refractivity contribution in [2.75, 3.05) is 7.05 Å². The summed E-state index contributed by atoms with van der Waals surface area (Å²) in [6.07, 6.45) is 4.05. The van der Waals surface area contributed by atoms with Crippen LogP contribution in [0.4, 0.5) is 0 Å². The Labute approximate surface area is 124 Å². The number of rotatable bonds is 4. The van der Waals surface area contributed by atoms with Gasteiger partial charge < -0.3 is 9.88 Å². The molecule has 3 nitrogen and oxygen atoms in total. The van der Waals surface area contributed by atoms with Gasteiger partial charge in [0.2, 0.25) is 0 Å². The van der Waals surface area contributed by atoms with Crippen LogP contribution >= 0.6 is 27.3 Å². The summed E-state index contributed by atoms with van der Waals surface area (Å²) >= 11 is 5.27. The second-order valence-electron chi connectivity index (χ2n) is 4.42. The first-order chi connectivity index (χ1) is 9.28. The summed E-state index contributed by atoms with van der Waals surface area (Å²) < 4.78 is 3.37. The zero-order valence-electron chi connectivity index (χ0n) is 10.6. The third kappa shape index (κ3) is 2.59. The van der Waals surface area contributed by atoms with Crippen molar-refractivity contribution < 1.29 is 0 Å². The van der Waals surface area contributed by atoms with Gasteiger partial charge in [-0.05, 0) is 46.7 Å². The zero-order valence-corrected chi connectivity index (χ0v) is 13.0. The van der Waals surface area contributed by atoms with Crippen LogP contribution in [0, 0.1) is 0 Å². The molecule has 0 fully saturated rings. The highest BCUT2D eigenvalue weighted by molar-refractivity contribution is 9.10. The molecule has 0 aliphatic heterocycles. The van der Waals surface area contributed by atoms with Gasteiger partial charge in [-0.15, -0.1) is 11.3 Å². The Kier molecular flexibility index (Phi) is 3.68. The largest absolute Gasteiger partial charge is 0.327 e. The van der Waals surface area contributed by atoms with Crippen molar-refractivity contribution in [2.45, 2.75) is 13.1 Å². The molecule has 0 aliphatic carbocycles. The molecule has 19 heavy (non-hydrogen) atoms. The molecule has 3 aromatic rings. The van der Waals surface area contributed by atoms with Crippen molar-refractivity contribution in [3.63, 3.8) is 0 Å². The van der Waals surface area contributed by atoms with E-state index in [0.29, 0.717) is 0 Å². The van der Waals surface area contributed by atoms with E-state index >= 15 is 0 Å². The molecule has 1 N–H and O–H groups in total. The molecule has 0 bridgehead atoms. The average molecular weight is 336 g/mol. The van der Waals surface area contributed by atoms with Gasteiger partial charge in [0, 0.05) is 39.1 Å². The predicted molar refractivity (Wildman–Crippen MR) is 83.6 cm³/mol. The van der Waals surface area contributed by atoms with Crippen molar-refractivity contribution >= 4 is 38.3 Å². The molecule has 3 heterocycles. The van der Waals surface area contributed by atoms with Crippen LogP contribution in [0.3, 0.4) is 0 Å². The van der Waals surface area contributed by atoms with Gasteiger partial charge in [0.1, 0.15) is 5.65 Å². The summed E-state index contributed by atoms with van der Waals surface area (Å²) in [5.41, 5.74) is 2.35. The fourth-order valence-corrected chi connectivity index (χ4v) is 3.70. The van der Waals surface area contributed by atoms with Gasteiger partial charge in [0.25, 0.3) is 0 Å². The maximum atomic E-state index is 4.52. The summed E-state index contributed by atoms with van der Waals surface area (Å²) in [7, 11) is 1.97. The molecule has 0 spiro atoms. The van der Waals surface area contributed by atoms with Crippen LogP contribution in [0.15, 0.2) is 40.4 Å². The average Bonchev–Trinajstić information content (AvgIpc) is 2.97. The second kappa shape index (κ2) is 5.45. The van der Waals surface area contributed by atoms with Crippen molar-refractivity contribution in [1.29, 1.82) is 0 Å². The first-order valence-corrected chi connectivity index (χ1v) is 7.75. The lowest BCUT2D eigenvalue weighted by molar-refractivity contribution is 0.797. The Hall–Kier alpha value is -1.17. The Balaban J connectivity index is 2.03. The van der Waals surface area contributed by atoms with E-state index in [1.54, 1.807) is 11.3 Å².